The lowest BCUT2D eigenvalue weighted by Gasteiger charge is -2.24. The number of hydrogen-bond donors (Lipinski definition) is 2. The van der Waals surface area contributed by atoms with E-state index in [2.05, 4.69) is 10.3 Å². The van der Waals surface area contributed by atoms with Crippen LogP contribution >= 0.6 is 11.6 Å². The number of carbonyl (C=O) groups excluding carboxylic acids is 1. The van der Waals surface area contributed by atoms with Crippen LogP contribution in [-0.2, 0) is 13.1 Å². The van der Waals surface area contributed by atoms with E-state index in [1.807, 2.05) is 18.2 Å². The van der Waals surface area contributed by atoms with Crippen LogP contribution in [0.25, 0.3) is 10.9 Å². The first-order chi connectivity index (χ1) is 18.0. The van der Waals surface area contributed by atoms with Gasteiger partial charge in [-0.2, -0.15) is 0 Å². The van der Waals surface area contributed by atoms with Crippen molar-refractivity contribution >= 4 is 34.2 Å². The van der Waals surface area contributed by atoms with Crippen LogP contribution < -0.4 is 29.8 Å². The van der Waals surface area contributed by atoms with Crippen LogP contribution in [-0.4, -0.2) is 35.9 Å². The number of carbonyl (C=O) groups is 1. The van der Waals surface area contributed by atoms with Gasteiger partial charge in [0.25, 0.3) is 5.56 Å². The third-order valence-electron chi connectivity index (χ3n) is 6.16. The fraction of sp³-hybridized carbons (Fsp3) is 0.185. The first-order valence-electron chi connectivity index (χ1n) is 11.7. The highest BCUT2D eigenvalue weighted by Crippen LogP contribution is 2.35. The number of rotatable bonds is 5. The minimum atomic E-state index is -0.410. The summed E-state index contributed by atoms with van der Waals surface area (Å²) in [6.07, 6.45) is 0. The third-order valence-corrected chi connectivity index (χ3v) is 6.49. The molecule has 4 aromatic rings. The van der Waals surface area contributed by atoms with Gasteiger partial charge >= 0.3 is 6.03 Å². The van der Waals surface area contributed by atoms with Crippen LogP contribution in [0.2, 0.25) is 5.02 Å². The summed E-state index contributed by atoms with van der Waals surface area (Å²) in [6.45, 7) is 1.33. The van der Waals surface area contributed by atoms with Gasteiger partial charge in [0.2, 0.25) is 6.79 Å². The summed E-state index contributed by atoms with van der Waals surface area (Å²) >= 11 is 6.27. The van der Waals surface area contributed by atoms with Crippen LogP contribution in [0.1, 0.15) is 11.1 Å². The van der Waals surface area contributed by atoms with Crippen molar-refractivity contribution in [3.63, 3.8) is 0 Å². The second-order valence-electron chi connectivity index (χ2n) is 8.66. The molecule has 0 unspecified atom stereocenters. The lowest BCUT2D eigenvalue weighted by Crippen LogP contribution is -2.35. The lowest BCUT2D eigenvalue weighted by atomic mass is 10.1. The molecule has 2 N–H and O–H groups in total. The molecule has 3 aromatic carbocycles. The van der Waals surface area contributed by atoms with Crippen molar-refractivity contribution in [3.8, 4) is 23.0 Å². The van der Waals surface area contributed by atoms with Gasteiger partial charge in [-0.1, -0.05) is 29.8 Å². The molecule has 0 bridgehead atoms. The molecule has 188 valence electrons. The summed E-state index contributed by atoms with van der Waals surface area (Å²) in [5, 5.41) is 4.03. The predicted molar refractivity (Wildman–Crippen MR) is 138 cm³/mol. The van der Waals surface area contributed by atoms with E-state index in [4.69, 9.17) is 30.5 Å². The molecule has 9 nitrogen and oxygen atoms in total. The Morgan fingerprint density at radius 1 is 0.892 bits per heavy atom. The average molecular weight is 520 g/mol. The molecular formula is C27H22ClN3O6. The number of urea groups is 1. The van der Waals surface area contributed by atoms with Gasteiger partial charge in [0.1, 0.15) is 13.2 Å². The summed E-state index contributed by atoms with van der Waals surface area (Å²) in [6, 6.07) is 17.4. The number of nitrogens with zero attached hydrogens (tertiary/aromatic N) is 1. The highest BCUT2D eigenvalue weighted by atomic mass is 35.5. The Hall–Kier alpha value is -4.37. The molecule has 2 amide bonds. The number of amides is 2. The molecule has 0 atom stereocenters. The van der Waals surface area contributed by atoms with Crippen molar-refractivity contribution in [1.29, 1.82) is 0 Å². The SMILES string of the molecule is O=C(Nc1ccccc1Cl)N(Cc1ccc2c(c1)OCO2)Cc1cc2cc3c(cc2[nH]c1=O)OCCO3. The highest BCUT2D eigenvalue weighted by molar-refractivity contribution is 6.33. The maximum atomic E-state index is 13.4. The summed E-state index contributed by atoms with van der Waals surface area (Å²) in [7, 11) is 0. The second kappa shape index (κ2) is 9.59. The first kappa shape index (κ1) is 23.1. The van der Waals surface area contributed by atoms with Gasteiger partial charge in [0.05, 0.1) is 22.8 Å². The minimum absolute atomic E-state index is 0.0461. The summed E-state index contributed by atoms with van der Waals surface area (Å²) in [5.74, 6) is 2.46. The zero-order valence-electron chi connectivity index (χ0n) is 19.6. The molecule has 6 rings (SSSR count). The van der Waals surface area contributed by atoms with E-state index < -0.39 is 6.03 Å². The molecule has 1 aromatic heterocycles. The van der Waals surface area contributed by atoms with E-state index in [0.717, 1.165) is 10.9 Å². The zero-order valence-corrected chi connectivity index (χ0v) is 20.3. The number of hydrogen-bond acceptors (Lipinski definition) is 6. The number of ether oxygens (including phenoxy) is 4. The molecule has 0 radical (unpaired) electrons. The molecule has 37 heavy (non-hydrogen) atoms. The quantitative estimate of drug-likeness (QED) is 0.388. The number of halogens is 1. The Balaban J connectivity index is 1.33. The van der Waals surface area contributed by atoms with Crippen molar-refractivity contribution in [2.75, 3.05) is 25.3 Å². The van der Waals surface area contributed by atoms with E-state index >= 15 is 0 Å². The highest BCUT2D eigenvalue weighted by Gasteiger charge is 2.21. The van der Waals surface area contributed by atoms with Gasteiger partial charge in [-0.3, -0.25) is 4.79 Å². The number of aromatic amines is 1. The van der Waals surface area contributed by atoms with Gasteiger partial charge in [-0.15, -0.1) is 0 Å². The Morgan fingerprint density at radius 3 is 2.49 bits per heavy atom. The van der Waals surface area contributed by atoms with Crippen LogP contribution in [0, 0.1) is 0 Å². The predicted octanol–water partition coefficient (Wildman–Crippen LogP) is 4.92. The zero-order chi connectivity index (χ0) is 25.4. The second-order valence-corrected chi connectivity index (χ2v) is 9.07. The van der Waals surface area contributed by atoms with Crippen molar-refractivity contribution in [1.82, 2.24) is 9.88 Å². The summed E-state index contributed by atoms with van der Waals surface area (Å²) in [4.78, 5) is 30.9. The van der Waals surface area contributed by atoms with Gasteiger partial charge in [-0.05, 0) is 42.0 Å². The number of benzene rings is 3. The number of anilines is 1. The van der Waals surface area contributed by atoms with Crippen LogP contribution in [0.5, 0.6) is 23.0 Å². The molecule has 3 heterocycles. The standard InChI is InChI=1S/C27H22ClN3O6/c28-19-3-1-2-4-20(19)30-27(33)31(13-16-5-6-22-23(9-16)37-15-36-22)14-18-10-17-11-24-25(35-8-7-34-24)12-21(17)29-26(18)32/h1-6,9-12H,7-8,13-15H2,(H,29,32)(H,30,33). The maximum absolute atomic E-state index is 13.4. The van der Waals surface area contributed by atoms with E-state index in [1.165, 1.54) is 4.90 Å². The monoisotopic (exact) mass is 519 g/mol. The summed E-state index contributed by atoms with van der Waals surface area (Å²) in [5.41, 5.74) is 2.03. The fourth-order valence-electron chi connectivity index (χ4n) is 4.33. The van der Waals surface area contributed by atoms with Gasteiger partial charge in [-0.25, -0.2) is 4.79 Å². The molecule has 0 saturated heterocycles. The Morgan fingerprint density at radius 2 is 1.65 bits per heavy atom. The van der Waals surface area contributed by atoms with Gasteiger partial charge in [0, 0.05) is 23.6 Å². The van der Waals surface area contributed by atoms with E-state index in [1.54, 1.807) is 42.5 Å². The summed E-state index contributed by atoms with van der Waals surface area (Å²) < 4.78 is 22.2. The van der Waals surface area contributed by atoms with Crippen molar-refractivity contribution < 1.29 is 23.7 Å². The van der Waals surface area contributed by atoms with E-state index in [0.29, 0.717) is 58.0 Å². The average Bonchev–Trinajstić information content (AvgIpc) is 3.37. The Labute approximate surface area is 216 Å². The van der Waals surface area contributed by atoms with Crippen molar-refractivity contribution in [2.45, 2.75) is 13.1 Å². The fourth-order valence-corrected chi connectivity index (χ4v) is 4.51. The molecule has 0 aliphatic carbocycles. The number of pyridine rings is 1. The molecule has 0 saturated carbocycles. The van der Waals surface area contributed by atoms with Gasteiger partial charge < -0.3 is 34.1 Å². The van der Waals surface area contributed by atoms with Crippen molar-refractivity contribution in [3.05, 3.63) is 87.2 Å². The Bertz CT molecular complexity index is 1570. The maximum Gasteiger partial charge on any atom is 0.322 e. The first-order valence-corrected chi connectivity index (χ1v) is 12.1. The number of aromatic nitrogens is 1. The van der Waals surface area contributed by atoms with E-state index in [9.17, 15) is 9.59 Å². The third kappa shape index (κ3) is 4.73. The van der Waals surface area contributed by atoms with Crippen molar-refractivity contribution in [2.24, 2.45) is 0 Å². The van der Waals surface area contributed by atoms with Crippen LogP contribution in [0.3, 0.4) is 0 Å². The minimum Gasteiger partial charge on any atom is -0.486 e. The Kier molecular flexibility index (Phi) is 5.97. The lowest BCUT2D eigenvalue weighted by molar-refractivity contribution is 0.172. The molecular weight excluding hydrogens is 498 g/mol. The number of nitrogens with one attached hydrogen (secondary N) is 2. The largest absolute Gasteiger partial charge is 0.486 e. The van der Waals surface area contributed by atoms with E-state index in [-0.39, 0.29) is 25.4 Å². The molecule has 2 aliphatic rings. The number of H-pyrrole nitrogens is 1. The van der Waals surface area contributed by atoms with Crippen LogP contribution in [0.4, 0.5) is 10.5 Å². The molecule has 10 heteroatoms. The molecule has 0 spiro atoms. The number of para-hydroxylation sites is 1. The number of fused-ring (bicyclic) bond motifs is 3. The molecule has 0 fully saturated rings. The smallest absolute Gasteiger partial charge is 0.322 e. The van der Waals surface area contributed by atoms with Crippen LogP contribution in [0.15, 0.2) is 65.5 Å². The topological polar surface area (TPSA) is 102 Å². The normalized spacial score (nSPS) is 13.4. The van der Waals surface area contributed by atoms with Gasteiger partial charge in [0.15, 0.2) is 23.0 Å². The molecule has 2 aliphatic heterocycles.